The third-order valence-electron chi connectivity index (χ3n) is 3.07. The van der Waals surface area contributed by atoms with Gasteiger partial charge in [0.15, 0.2) is 0 Å². The summed E-state index contributed by atoms with van der Waals surface area (Å²) in [4.78, 5) is 0. The van der Waals surface area contributed by atoms with Gasteiger partial charge in [-0.2, -0.15) is 0 Å². The average Bonchev–Trinajstić information content (AvgIpc) is 2.46. The van der Waals surface area contributed by atoms with E-state index in [0.717, 1.165) is 41.1 Å². The Labute approximate surface area is 107 Å². The Kier molecular flexibility index (Phi) is 3.82. The molecule has 0 heterocycles. The van der Waals surface area contributed by atoms with Crippen LogP contribution in [0.2, 0.25) is 0 Å². The predicted octanol–water partition coefficient (Wildman–Crippen LogP) is 3.46. The van der Waals surface area contributed by atoms with Crippen molar-refractivity contribution in [1.82, 2.24) is 0 Å². The molecule has 0 atom stereocenters. The summed E-state index contributed by atoms with van der Waals surface area (Å²) in [5, 5.41) is 7.36. The van der Waals surface area contributed by atoms with Crippen LogP contribution in [0.25, 0.3) is 5.57 Å². The molecule has 3 nitrogen and oxygen atoms in total. The second-order valence-corrected chi connectivity index (χ2v) is 4.10. The van der Waals surface area contributed by atoms with E-state index in [1.807, 2.05) is 18.2 Å². The minimum absolute atomic E-state index is 0.750. The van der Waals surface area contributed by atoms with Crippen molar-refractivity contribution in [2.24, 2.45) is 0 Å². The van der Waals surface area contributed by atoms with Crippen LogP contribution in [0.4, 0.5) is 0 Å². The molecule has 1 aliphatic carbocycles. The van der Waals surface area contributed by atoms with Crippen LogP contribution in [-0.2, 0) is 0 Å². The molecule has 18 heavy (non-hydrogen) atoms. The number of ether oxygens (including phenoxy) is 2. The Morgan fingerprint density at radius 2 is 1.78 bits per heavy atom. The van der Waals surface area contributed by atoms with Crippen molar-refractivity contribution >= 4 is 11.8 Å². The summed E-state index contributed by atoms with van der Waals surface area (Å²) in [7, 11) is 3.32. The molecule has 0 amide bonds. The third-order valence-corrected chi connectivity index (χ3v) is 3.07. The van der Waals surface area contributed by atoms with Gasteiger partial charge in [-0.3, -0.25) is 0 Å². The van der Waals surface area contributed by atoms with Crippen LogP contribution in [0.5, 0.6) is 11.5 Å². The normalized spacial score (nSPS) is 14.6. The highest BCUT2D eigenvalue weighted by Gasteiger charge is 2.16. The molecule has 2 rings (SSSR count). The zero-order valence-electron chi connectivity index (χ0n) is 10.7. The van der Waals surface area contributed by atoms with Crippen molar-refractivity contribution in [2.45, 2.75) is 12.8 Å². The van der Waals surface area contributed by atoms with Gasteiger partial charge in [-0.25, -0.2) is 0 Å². The SMILES string of the molecule is COc1cccc(OC)c1C1=CCC=C(C=N)C1. The molecule has 0 aliphatic heterocycles. The molecule has 0 spiro atoms. The number of allylic oxidation sites excluding steroid dienone is 4. The fourth-order valence-corrected chi connectivity index (χ4v) is 2.18. The molecule has 1 N–H and O–H groups in total. The Balaban J connectivity index is 2.44. The van der Waals surface area contributed by atoms with Crippen LogP contribution in [-0.4, -0.2) is 20.4 Å². The van der Waals surface area contributed by atoms with Crippen LogP contribution < -0.4 is 9.47 Å². The van der Waals surface area contributed by atoms with Gasteiger partial charge in [0.25, 0.3) is 0 Å². The zero-order chi connectivity index (χ0) is 13.0. The van der Waals surface area contributed by atoms with Crippen molar-refractivity contribution < 1.29 is 9.47 Å². The molecule has 94 valence electrons. The minimum Gasteiger partial charge on any atom is -0.496 e. The Bertz CT molecular complexity index is 493. The van der Waals surface area contributed by atoms with Gasteiger partial charge in [0.2, 0.25) is 0 Å². The maximum absolute atomic E-state index is 7.36. The molecule has 0 fully saturated rings. The molecule has 0 saturated heterocycles. The first kappa shape index (κ1) is 12.4. The highest BCUT2D eigenvalue weighted by Crippen LogP contribution is 2.38. The number of benzene rings is 1. The Morgan fingerprint density at radius 3 is 2.33 bits per heavy atom. The summed E-state index contributed by atoms with van der Waals surface area (Å²) >= 11 is 0. The second kappa shape index (κ2) is 5.54. The van der Waals surface area contributed by atoms with E-state index < -0.39 is 0 Å². The number of hydrogen-bond acceptors (Lipinski definition) is 3. The van der Waals surface area contributed by atoms with Gasteiger partial charge in [0.05, 0.1) is 19.8 Å². The highest BCUT2D eigenvalue weighted by molar-refractivity contribution is 5.86. The average molecular weight is 243 g/mol. The molecule has 0 bridgehead atoms. The molecule has 0 aromatic heterocycles. The first-order chi connectivity index (χ1) is 8.80. The summed E-state index contributed by atoms with van der Waals surface area (Å²) in [6.07, 6.45) is 7.24. The van der Waals surface area contributed by atoms with Crippen LogP contribution in [0.1, 0.15) is 18.4 Å². The summed E-state index contributed by atoms with van der Waals surface area (Å²) in [5.41, 5.74) is 3.18. The van der Waals surface area contributed by atoms with E-state index in [9.17, 15) is 0 Å². The second-order valence-electron chi connectivity index (χ2n) is 4.10. The lowest BCUT2D eigenvalue weighted by molar-refractivity contribution is 0.392. The van der Waals surface area contributed by atoms with E-state index >= 15 is 0 Å². The Morgan fingerprint density at radius 1 is 1.11 bits per heavy atom. The highest BCUT2D eigenvalue weighted by atomic mass is 16.5. The molecule has 1 aromatic carbocycles. The maximum atomic E-state index is 7.36. The van der Waals surface area contributed by atoms with Crippen molar-refractivity contribution in [3.63, 3.8) is 0 Å². The van der Waals surface area contributed by atoms with Crippen LogP contribution >= 0.6 is 0 Å². The largest absolute Gasteiger partial charge is 0.496 e. The van der Waals surface area contributed by atoms with Crippen LogP contribution in [0, 0.1) is 5.41 Å². The molecular formula is C15H17NO2. The fourth-order valence-electron chi connectivity index (χ4n) is 2.18. The van der Waals surface area contributed by atoms with E-state index in [1.54, 1.807) is 14.2 Å². The lowest BCUT2D eigenvalue weighted by atomic mass is 9.92. The van der Waals surface area contributed by atoms with Gasteiger partial charge in [0, 0.05) is 6.21 Å². The molecule has 0 saturated carbocycles. The number of rotatable bonds is 4. The first-order valence-electron chi connectivity index (χ1n) is 5.90. The van der Waals surface area contributed by atoms with Crippen molar-refractivity contribution in [1.29, 1.82) is 5.41 Å². The number of hydrogen-bond donors (Lipinski definition) is 1. The number of methoxy groups -OCH3 is 2. The maximum Gasteiger partial charge on any atom is 0.130 e. The van der Waals surface area contributed by atoms with Gasteiger partial charge < -0.3 is 14.9 Å². The molecular weight excluding hydrogens is 226 g/mol. The zero-order valence-corrected chi connectivity index (χ0v) is 10.7. The minimum atomic E-state index is 0.750. The summed E-state index contributed by atoms with van der Waals surface area (Å²) in [6.45, 7) is 0. The van der Waals surface area contributed by atoms with Gasteiger partial charge in [-0.05, 0) is 36.1 Å². The molecule has 0 unspecified atom stereocenters. The third kappa shape index (κ3) is 2.30. The first-order valence-corrected chi connectivity index (χ1v) is 5.90. The van der Waals surface area contributed by atoms with Crippen LogP contribution in [0.15, 0.2) is 35.9 Å². The van der Waals surface area contributed by atoms with E-state index in [2.05, 4.69) is 12.2 Å². The standard InChI is InChI=1S/C15H17NO2/c1-17-13-7-4-8-14(18-2)15(13)12-6-3-5-11(9-12)10-16/h4-8,10,16H,3,9H2,1-2H3. The lowest BCUT2D eigenvalue weighted by Gasteiger charge is -2.18. The van der Waals surface area contributed by atoms with E-state index in [1.165, 1.54) is 6.21 Å². The quantitative estimate of drug-likeness (QED) is 0.823. The van der Waals surface area contributed by atoms with Gasteiger partial charge in [-0.15, -0.1) is 0 Å². The van der Waals surface area contributed by atoms with Crippen molar-refractivity contribution in [2.75, 3.05) is 14.2 Å². The summed E-state index contributed by atoms with van der Waals surface area (Å²) < 4.78 is 10.8. The fraction of sp³-hybridized carbons (Fsp3) is 0.267. The monoisotopic (exact) mass is 243 g/mol. The van der Waals surface area contributed by atoms with Gasteiger partial charge in [0.1, 0.15) is 11.5 Å². The van der Waals surface area contributed by atoms with Gasteiger partial charge >= 0.3 is 0 Å². The van der Waals surface area contributed by atoms with Gasteiger partial charge in [-0.1, -0.05) is 18.2 Å². The topological polar surface area (TPSA) is 42.3 Å². The van der Waals surface area contributed by atoms with E-state index in [4.69, 9.17) is 14.9 Å². The molecule has 0 radical (unpaired) electrons. The smallest absolute Gasteiger partial charge is 0.130 e. The van der Waals surface area contributed by atoms with E-state index in [-0.39, 0.29) is 0 Å². The predicted molar refractivity (Wildman–Crippen MR) is 73.6 cm³/mol. The lowest BCUT2D eigenvalue weighted by Crippen LogP contribution is -2.00. The molecule has 1 aromatic rings. The Hall–Kier alpha value is -2.03. The molecule has 3 heteroatoms. The molecule has 1 aliphatic rings. The van der Waals surface area contributed by atoms with E-state index in [0.29, 0.717) is 0 Å². The summed E-state index contributed by atoms with van der Waals surface area (Å²) in [5.74, 6) is 1.62. The van der Waals surface area contributed by atoms with Crippen molar-refractivity contribution in [3.8, 4) is 11.5 Å². The summed E-state index contributed by atoms with van der Waals surface area (Å²) in [6, 6.07) is 5.78. The number of nitrogens with one attached hydrogen (secondary N) is 1. The van der Waals surface area contributed by atoms with Crippen LogP contribution in [0.3, 0.4) is 0 Å². The van der Waals surface area contributed by atoms with Crippen molar-refractivity contribution in [3.05, 3.63) is 41.5 Å².